The van der Waals surface area contributed by atoms with Crippen molar-refractivity contribution in [1.29, 1.82) is 0 Å². The van der Waals surface area contributed by atoms with Crippen LogP contribution in [-0.4, -0.2) is 57.8 Å². The molecule has 0 amide bonds. The van der Waals surface area contributed by atoms with Crippen LogP contribution in [0.4, 0.5) is 5.82 Å². The van der Waals surface area contributed by atoms with Gasteiger partial charge in [-0.15, -0.1) is 0 Å². The number of fused-ring (bicyclic) bond motifs is 2. The highest BCUT2D eigenvalue weighted by molar-refractivity contribution is 5.90. The highest BCUT2D eigenvalue weighted by atomic mass is 16.1. The SMILES string of the molecule is O=c1[nH]c(CCCN2CCN(c3n[nH]c4ccccc34)CC2)nc2ccccc12. The van der Waals surface area contributed by atoms with Gasteiger partial charge >= 0.3 is 0 Å². The summed E-state index contributed by atoms with van der Waals surface area (Å²) >= 11 is 0. The predicted molar refractivity (Wildman–Crippen MR) is 115 cm³/mol. The first-order chi connectivity index (χ1) is 14.3. The van der Waals surface area contributed by atoms with E-state index in [0.29, 0.717) is 5.39 Å². The van der Waals surface area contributed by atoms with Crippen LogP contribution in [0.5, 0.6) is 0 Å². The van der Waals surface area contributed by atoms with Crippen LogP contribution < -0.4 is 10.5 Å². The second-order valence-electron chi connectivity index (χ2n) is 7.55. The maximum atomic E-state index is 12.2. The molecule has 29 heavy (non-hydrogen) atoms. The van der Waals surface area contributed by atoms with Crippen molar-refractivity contribution < 1.29 is 0 Å². The summed E-state index contributed by atoms with van der Waals surface area (Å²) in [5, 5.41) is 9.48. The van der Waals surface area contributed by atoms with Crippen molar-refractivity contribution in [3.63, 3.8) is 0 Å². The number of hydrogen-bond donors (Lipinski definition) is 2. The van der Waals surface area contributed by atoms with E-state index in [4.69, 9.17) is 0 Å². The number of aryl methyl sites for hydroxylation is 1. The van der Waals surface area contributed by atoms with Crippen molar-refractivity contribution in [3.05, 3.63) is 64.7 Å². The summed E-state index contributed by atoms with van der Waals surface area (Å²) in [6.45, 7) is 4.98. The number of benzene rings is 2. The van der Waals surface area contributed by atoms with Crippen molar-refractivity contribution in [2.75, 3.05) is 37.6 Å². The first kappa shape index (κ1) is 17.9. The van der Waals surface area contributed by atoms with Gasteiger partial charge in [-0.2, -0.15) is 5.10 Å². The van der Waals surface area contributed by atoms with E-state index in [9.17, 15) is 4.79 Å². The molecule has 3 heterocycles. The Hall–Kier alpha value is -3.19. The zero-order valence-corrected chi connectivity index (χ0v) is 16.3. The van der Waals surface area contributed by atoms with Gasteiger partial charge in [0.15, 0.2) is 5.82 Å². The summed E-state index contributed by atoms with van der Waals surface area (Å²) in [5.74, 6) is 1.83. The molecular formula is C22H24N6O. The molecule has 1 saturated heterocycles. The van der Waals surface area contributed by atoms with Gasteiger partial charge in [0, 0.05) is 38.0 Å². The highest BCUT2D eigenvalue weighted by Crippen LogP contribution is 2.24. The van der Waals surface area contributed by atoms with Gasteiger partial charge in [0.2, 0.25) is 0 Å². The molecule has 7 nitrogen and oxygen atoms in total. The zero-order valence-electron chi connectivity index (χ0n) is 16.3. The smallest absolute Gasteiger partial charge is 0.258 e. The molecule has 1 aliphatic rings. The van der Waals surface area contributed by atoms with Crippen molar-refractivity contribution in [3.8, 4) is 0 Å². The molecule has 1 fully saturated rings. The van der Waals surface area contributed by atoms with Gasteiger partial charge < -0.3 is 9.88 Å². The van der Waals surface area contributed by atoms with E-state index in [2.05, 4.69) is 48.2 Å². The summed E-state index contributed by atoms with van der Waals surface area (Å²) in [6.07, 6.45) is 1.76. The van der Waals surface area contributed by atoms with E-state index in [1.54, 1.807) is 0 Å². The van der Waals surface area contributed by atoms with Crippen LogP contribution in [0, 0.1) is 0 Å². The molecule has 0 unspecified atom stereocenters. The third kappa shape index (κ3) is 3.61. The highest BCUT2D eigenvalue weighted by Gasteiger charge is 2.20. The molecule has 1 aliphatic heterocycles. The molecule has 0 spiro atoms. The van der Waals surface area contributed by atoms with Gasteiger partial charge in [-0.25, -0.2) is 4.98 Å². The van der Waals surface area contributed by atoms with Gasteiger partial charge in [-0.05, 0) is 37.2 Å². The largest absolute Gasteiger partial charge is 0.352 e. The molecule has 0 aliphatic carbocycles. The van der Waals surface area contributed by atoms with Gasteiger partial charge in [0.25, 0.3) is 5.56 Å². The lowest BCUT2D eigenvalue weighted by Crippen LogP contribution is -2.46. The Bertz CT molecular complexity index is 1190. The minimum Gasteiger partial charge on any atom is -0.352 e. The maximum absolute atomic E-state index is 12.2. The van der Waals surface area contributed by atoms with Crippen LogP contribution in [0.25, 0.3) is 21.8 Å². The fraction of sp³-hybridized carbons (Fsp3) is 0.318. The van der Waals surface area contributed by atoms with Crippen LogP contribution in [0.15, 0.2) is 53.3 Å². The van der Waals surface area contributed by atoms with Gasteiger partial charge in [-0.1, -0.05) is 24.3 Å². The van der Waals surface area contributed by atoms with Crippen molar-refractivity contribution in [2.24, 2.45) is 0 Å². The lowest BCUT2D eigenvalue weighted by molar-refractivity contribution is 0.254. The number of hydrogen-bond acceptors (Lipinski definition) is 5. The molecule has 4 aromatic rings. The molecule has 0 saturated carbocycles. The van der Waals surface area contributed by atoms with E-state index in [0.717, 1.165) is 68.2 Å². The Morgan fingerprint density at radius 1 is 0.931 bits per heavy atom. The molecule has 5 rings (SSSR count). The summed E-state index contributed by atoms with van der Waals surface area (Å²) < 4.78 is 0. The number of aromatic amines is 2. The second kappa shape index (κ2) is 7.67. The fourth-order valence-electron chi connectivity index (χ4n) is 4.10. The van der Waals surface area contributed by atoms with Crippen LogP contribution >= 0.6 is 0 Å². The Balaban J connectivity index is 1.16. The summed E-state index contributed by atoms with van der Waals surface area (Å²) in [5.41, 5.74) is 1.80. The molecule has 0 radical (unpaired) electrons. The van der Waals surface area contributed by atoms with Crippen LogP contribution in [0.2, 0.25) is 0 Å². The third-order valence-electron chi connectivity index (χ3n) is 5.67. The van der Waals surface area contributed by atoms with Crippen molar-refractivity contribution in [2.45, 2.75) is 12.8 Å². The number of para-hydroxylation sites is 2. The summed E-state index contributed by atoms with van der Waals surface area (Å²) in [6, 6.07) is 15.8. The van der Waals surface area contributed by atoms with E-state index in [-0.39, 0.29) is 5.56 Å². The lowest BCUT2D eigenvalue weighted by Gasteiger charge is -2.35. The number of rotatable bonds is 5. The predicted octanol–water partition coefficient (Wildman–Crippen LogP) is 2.55. The molecular weight excluding hydrogens is 364 g/mol. The standard InChI is InChI=1S/C22H24N6O/c29-22-17-7-2-3-8-18(17)23-20(24-22)10-5-11-27-12-14-28(15-13-27)21-16-6-1-4-9-19(16)25-26-21/h1-4,6-9H,5,10-15H2,(H,25,26)(H,23,24,29). The van der Waals surface area contributed by atoms with Gasteiger partial charge in [0.1, 0.15) is 5.82 Å². The van der Waals surface area contributed by atoms with Gasteiger partial charge in [-0.3, -0.25) is 14.8 Å². The summed E-state index contributed by atoms with van der Waals surface area (Å²) in [7, 11) is 0. The molecule has 2 N–H and O–H groups in total. The Kier molecular flexibility index (Phi) is 4.73. The fourth-order valence-corrected chi connectivity index (χ4v) is 4.10. The molecule has 7 heteroatoms. The van der Waals surface area contributed by atoms with Crippen LogP contribution in [-0.2, 0) is 6.42 Å². The average molecular weight is 388 g/mol. The lowest BCUT2D eigenvalue weighted by atomic mass is 10.2. The quantitative estimate of drug-likeness (QED) is 0.549. The van der Waals surface area contributed by atoms with Crippen LogP contribution in [0.1, 0.15) is 12.2 Å². The third-order valence-corrected chi connectivity index (χ3v) is 5.67. The molecule has 0 atom stereocenters. The second-order valence-corrected chi connectivity index (χ2v) is 7.55. The number of H-pyrrole nitrogens is 2. The average Bonchev–Trinajstić information content (AvgIpc) is 3.19. The molecule has 2 aromatic carbocycles. The van der Waals surface area contributed by atoms with E-state index < -0.39 is 0 Å². The number of nitrogens with one attached hydrogen (secondary N) is 2. The normalized spacial score (nSPS) is 15.4. The minimum absolute atomic E-state index is 0.0505. The summed E-state index contributed by atoms with van der Waals surface area (Å²) in [4.78, 5) is 24.5. The first-order valence-corrected chi connectivity index (χ1v) is 10.2. The number of anilines is 1. The monoisotopic (exact) mass is 388 g/mol. The van der Waals surface area contributed by atoms with E-state index in [1.165, 1.54) is 5.39 Å². The minimum atomic E-state index is -0.0505. The molecule has 148 valence electrons. The van der Waals surface area contributed by atoms with E-state index in [1.807, 2.05) is 30.3 Å². The Labute approximate surface area is 168 Å². The number of aromatic nitrogens is 4. The number of nitrogens with zero attached hydrogens (tertiary/aromatic N) is 4. The van der Waals surface area contributed by atoms with Crippen LogP contribution in [0.3, 0.4) is 0 Å². The van der Waals surface area contributed by atoms with Gasteiger partial charge in [0.05, 0.1) is 16.4 Å². The molecule has 0 bridgehead atoms. The topological polar surface area (TPSA) is 80.9 Å². The Morgan fingerprint density at radius 3 is 2.55 bits per heavy atom. The van der Waals surface area contributed by atoms with Crippen molar-refractivity contribution >= 4 is 27.6 Å². The Morgan fingerprint density at radius 2 is 1.69 bits per heavy atom. The van der Waals surface area contributed by atoms with E-state index >= 15 is 0 Å². The number of piperazine rings is 1. The maximum Gasteiger partial charge on any atom is 0.258 e. The van der Waals surface area contributed by atoms with Crippen molar-refractivity contribution in [1.82, 2.24) is 25.1 Å². The molecule has 2 aromatic heterocycles. The zero-order chi connectivity index (χ0) is 19.6. The first-order valence-electron chi connectivity index (χ1n) is 10.2.